The predicted octanol–water partition coefficient (Wildman–Crippen LogP) is 2.79. The number of ether oxygens (including phenoxy) is 1. The first kappa shape index (κ1) is 12.0. The van der Waals surface area contributed by atoms with Crippen molar-refractivity contribution in [3.8, 4) is 5.75 Å². The minimum atomic E-state index is -0.948. The maximum Gasteiger partial charge on any atom is 0.335 e. The number of aromatic amines is 1. The van der Waals surface area contributed by atoms with Crippen LogP contribution in [-0.4, -0.2) is 27.7 Å². The highest BCUT2D eigenvalue weighted by Gasteiger charge is 2.27. The summed E-state index contributed by atoms with van der Waals surface area (Å²) in [4.78, 5) is 18.8. The predicted molar refractivity (Wildman–Crippen MR) is 76.8 cm³/mol. The van der Waals surface area contributed by atoms with Gasteiger partial charge in [-0.1, -0.05) is 18.2 Å². The van der Waals surface area contributed by atoms with Crippen LogP contribution in [0, 0.1) is 0 Å². The van der Waals surface area contributed by atoms with E-state index >= 15 is 0 Å². The van der Waals surface area contributed by atoms with Gasteiger partial charge in [0.25, 0.3) is 0 Å². The number of imidazole rings is 1. The molecule has 0 saturated carbocycles. The zero-order chi connectivity index (χ0) is 14.4. The third-order valence-corrected chi connectivity index (χ3v) is 3.78. The number of hydrogen-bond acceptors (Lipinski definition) is 3. The molecule has 1 atom stereocenters. The Kier molecular flexibility index (Phi) is 2.47. The van der Waals surface area contributed by atoms with Crippen molar-refractivity contribution in [2.75, 3.05) is 6.61 Å². The number of para-hydroxylation sites is 1. The molecule has 1 aliphatic rings. The van der Waals surface area contributed by atoms with Crippen LogP contribution < -0.4 is 4.74 Å². The van der Waals surface area contributed by atoms with E-state index in [1.807, 2.05) is 24.3 Å². The molecule has 0 fully saturated rings. The smallest absolute Gasteiger partial charge is 0.335 e. The molecule has 0 aliphatic carbocycles. The summed E-state index contributed by atoms with van der Waals surface area (Å²) in [6.45, 7) is 0.547. The van der Waals surface area contributed by atoms with Gasteiger partial charge in [-0.05, 0) is 24.3 Å². The number of aromatic nitrogens is 2. The van der Waals surface area contributed by atoms with Crippen LogP contribution in [0.5, 0.6) is 5.75 Å². The number of H-pyrrole nitrogens is 1. The molecule has 0 spiro atoms. The molecule has 1 aliphatic heterocycles. The number of aromatic carboxylic acids is 1. The van der Waals surface area contributed by atoms with Gasteiger partial charge in [0.1, 0.15) is 18.2 Å². The maximum atomic E-state index is 11.0. The van der Waals surface area contributed by atoms with E-state index in [4.69, 9.17) is 9.84 Å². The fraction of sp³-hybridized carbons (Fsp3) is 0.125. The first-order valence-electron chi connectivity index (χ1n) is 6.67. The van der Waals surface area contributed by atoms with Gasteiger partial charge in [-0.3, -0.25) is 0 Å². The topological polar surface area (TPSA) is 75.2 Å². The zero-order valence-corrected chi connectivity index (χ0v) is 11.0. The van der Waals surface area contributed by atoms with Crippen LogP contribution in [0.25, 0.3) is 11.0 Å². The van der Waals surface area contributed by atoms with Crippen molar-refractivity contribution in [3.63, 3.8) is 0 Å². The summed E-state index contributed by atoms with van der Waals surface area (Å²) < 4.78 is 5.67. The van der Waals surface area contributed by atoms with Crippen LogP contribution in [0.3, 0.4) is 0 Å². The Morgan fingerprint density at radius 3 is 3.00 bits per heavy atom. The Morgan fingerprint density at radius 2 is 2.14 bits per heavy atom. The maximum absolute atomic E-state index is 11.0. The molecular weight excluding hydrogens is 268 g/mol. The number of carboxylic acids is 1. The van der Waals surface area contributed by atoms with E-state index < -0.39 is 5.97 Å². The van der Waals surface area contributed by atoms with E-state index in [0.29, 0.717) is 12.1 Å². The number of nitrogens with one attached hydrogen (secondary N) is 1. The number of nitrogens with zero attached hydrogens (tertiary/aromatic N) is 1. The summed E-state index contributed by atoms with van der Waals surface area (Å²) in [5, 5.41) is 9.03. The van der Waals surface area contributed by atoms with E-state index in [1.165, 1.54) is 0 Å². The molecule has 0 saturated heterocycles. The molecule has 0 radical (unpaired) electrons. The van der Waals surface area contributed by atoms with Crippen LogP contribution in [0.2, 0.25) is 0 Å². The molecule has 5 heteroatoms. The van der Waals surface area contributed by atoms with Gasteiger partial charge in [-0.2, -0.15) is 0 Å². The third-order valence-electron chi connectivity index (χ3n) is 3.78. The molecular formula is C16H12N2O3. The lowest BCUT2D eigenvalue weighted by Crippen LogP contribution is -2.04. The van der Waals surface area contributed by atoms with Gasteiger partial charge in [0.2, 0.25) is 0 Å². The fourth-order valence-corrected chi connectivity index (χ4v) is 2.71. The zero-order valence-electron chi connectivity index (χ0n) is 11.0. The minimum absolute atomic E-state index is 0.0573. The van der Waals surface area contributed by atoms with Crippen molar-refractivity contribution in [2.45, 2.75) is 5.92 Å². The van der Waals surface area contributed by atoms with Gasteiger partial charge in [0.15, 0.2) is 0 Å². The SMILES string of the molecule is O=C(O)c1ccc2[nH]c(C3COc4ccccc43)nc2c1. The normalized spacial score (nSPS) is 16.7. The van der Waals surface area contributed by atoms with Crippen LogP contribution in [0.4, 0.5) is 0 Å². The highest BCUT2D eigenvalue weighted by Crippen LogP contribution is 2.37. The Morgan fingerprint density at radius 1 is 1.29 bits per heavy atom. The Balaban J connectivity index is 1.80. The number of fused-ring (bicyclic) bond motifs is 2. The Bertz CT molecular complexity index is 854. The second kappa shape index (κ2) is 4.34. The van der Waals surface area contributed by atoms with Gasteiger partial charge in [-0.15, -0.1) is 0 Å². The van der Waals surface area contributed by atoms with Gasteiger partial charge in [0, 0.05) is 5.56 Å². The molecule has 2 aromatic carbocycles. The lowest BCUT2D eigenvalue weighted by molar-refractivity contribution is 0.0697. The van der Waals surface area contributed by atoms with Crippen LogP contribution >= 0.6 is 0 Å². The summed E-state index contributed by atoms with van der Waals surface area (Å²) in [6.07, 6.45) is 0. The van der Waals surface area contributed by atoms with Crippen molar-refractivity contribution in [3.05, 3.63) is 59.4 Å². The van der Waals surface area contributed by atoms with Gasteiger partial charge < -0.3 is 14.8 Å². The number of carboxylic acid groups (broad SMARTS) is 1. The van der Waals surface area contributed by atoms with Gasteiger partial charge in [-0.25, -0.2) is 9.78 Å². The van der Waals surface area contributed by atoms with Crippen LogP contribution in [0.15, 0.2) is 42.5 Å². The number of carbonyl (C=O) groups is 1. The minimum Gasteiger partial charge on any atom is -0.492 e. The monoisotopic (exact) mass is 280 g/mol. The summed E-state index contributed by atoms with van der Waals surface area (Å²) >= 11 is 0. The molecule has 2 N–H and O–H groups in total. The summed E-state index contributed by atoms with van der Waals surface area (Å²) in [7, 11) is 0. The van der Waals surface area contributed by atoms with E-state index in [2.05, 4.69) is 9.97 Å². The van der Waals surface area contributed by atoms with Crippen LogP contribution in [0.1, 0.15) is 27.7 Å². The first-order chi connectivity index (χ1) is 10.2. The second-order valence-corrected chi connectivity index (χ2v) is 5.06. The van der Waals surface area contributed by atoms with E-state index in [0.717, 1.165) is 22.7 Å². The van der Waals surface area contributed by atoms with Crippen molar-refractivity contribution >= 4 is 17.0 Å². The lowest BCUT2D eigenvalue weighted by atomic mass is 10.0. The van der Waals surface area contributed by atoms with Crippen molar-refractivity contribution < 1.29 is 14.6 Å². The molecule has 3 aromatic rings. The Labute approximate surface area is 120 Å². The number of hydrogen-bond donors (Lipinski definition) is 2. The molecule has 5 nitrogen and oxygen atoms in total. The first-order valence-corrected chi connectivity index (χ1v) is 6.67. The third kappa shape index (κ3) is 1.86. The van der Waals surface area contributed by atoms with Gasteiger partial charge >= 0.3 is 5.97 Å². The lowest BCUT2D eigenvalue weighted by Gasteiger charge is -2.03. The van der Waals surface area contributed by atoms with Crippen molar-refractivity contribution in [1.82, 2.24) is 9.97 Å². The quantitative estimate of drug-likeness (QED) is 0.757. The van der Waals surface area contributed by atoms with Crippen LogP contribution in [-0.2, 0) is 0 Å². The fourth-order valence-electron chi connectivity index (χ4n) is 2.71. The van der Waals surface area contributed by atoms with E-state index in [9.17, 15) is 4.79 Å². The molecule has 2 heterocycles. The van der Waals surface area contributed by atoms with E-state index in [1.54, 1.807) is 18.2 Å². The molecule has 0 bridgehead atoms. The molecule has 1 unspecified atom stereocenters. The molecule has 104 valence electrons. The highest BCUT2D eigenvalue weighted by atomic mass is 16.5. The molecule has 0 amide bonds. The number of benzene rings is 2. The average molecular weight is 280 g/mol. The second-order valence-electron chi connectivity index (χ2n) is 5.06. The summed E-state index contributed by atoms with van der Waals surface area (Å²) in [6, 6.07) is 12.8. The van der Waals surface area contributed by atoms with Crippen molar-refractivity contribution in [1.29, 1.82) is 0 Å². The van der Waals surface area contributed by atoms with E-state index in [-0.39, 0.29) is 11.5 Å². The standard InChI is InChI=1S/C16H12N2O3/c19-16(20)9-5-6-12-13(7-9)18-15(17-12)11-8-21-14-4-2-1-3-10(11)14/h1-7,11H,8H2,(H,17,18)(H,19,20). The number of rotatable bonds is 2. The summed E-state index contributed by atoms with van der Waals surface area (Å²) in [5.41, 5.74) is 2.84. The highest BCUT2D eigenvalue weighted by molar-refractivity contribution is 5.92. The Hall–Kier alpha value is -2.82. The molecule has 1 aromatic heterocycles. The molecule has 21 heavy (non-hydrogen) atoms. The molecule has 4 rings (SSSR count). The average Bonchev–Trinajstić information content (AvgIpc) is 3.09. The van der Waals surface area contributed by atoms with Gasteiger partial charge in [0.05, 0.1) is 22.5 Å². The largest absolute Gasteiger partial charge is 0.492 e. The van der Waals surface area contributed by atoms with Crippen molar-refractivity contribution in [2.24, 2.45) is 0 Å². The summed E-state index contributed by atoms with van der Waals surface area (Å²) in [5.74, 6) is 0.796.